The average molecular weight is 224 g/mol. The molecular weight excluding hydrogens is 209 g/mol. The van der Waals surface area contributed by atoms with Crippen molar-refractivity contribution in [2.45, 2.75) is 38.0 Å². The van der Waals surface area contributed by atoms with E-state index in [0.717, 1.165) is 0 Å². The summed E-state index contributed by atoms with van der Waals surface area (Å²) < 4.78 is 35.7. The molecule has 0 aromatic heterocycles. The minimum atomic E-state index is -4.28. The second-order valence-electron chi connectivity index (χ2n) is 3.36. The van der Waals surface area contributed by atoms with Crippen LogP contribution in [0.3, 0.4) is 0 Å². The summed E-state index contributed by atoms with van der Waals surface area (Å²) >= 11 is 0. The Morgan fingerprint density at radius 3 is 2.53 bits per heavy atom. The van der Waals surface area contributed by atoms with E-state index in [0.29, 0.717) is 0 Å². The summed E-state index contributed by atoms with van der Waals surface area (Å²) in [6.45, 7) is 4.67. The lowest BCUT2D eigenvalue weighted by Crippen LogP contribution is -2.45. The Kier molecular flexibility index (Phi) is 5.35. The molecule has 2 unspecified atom stereocenters. The van der Waals surface area contributed by atoms with E-state index in [2.05, 4.69) is 11.9 Å². The minimum absolute atomic E-state index is 0.241. The number of amides is 1. The van der Waals surface area contributed by atoms with Gasteiger partial charge in [0.15, 0.2) is 0 Å². The van der Waals surface area contributed by atoms with Crippen LogP contribution in [0, 0.1) is 0 Å². The van der Waals surface area contributed by atoms with Crippen LogP contribution in [0.4, 0.5) is 13.2 Å². The van der Waals surface area contributed by atoms with Gasteiger partial charge in [-0.3, -0.25) is 4.79 Å². The Hall–Kier alpha value is -1.04. The zero-order valence-electron chi connectivity index (χ0n) is 8.47. The molecule has 0 aliphatic heterocycles. The molecule has 0 aliphatic carbocycles. The Morgan fingerprint density at radius 1 is 1.60 bits per heavy atom. The fraction of sp³-hybridized carbons (Fsp3) is 0.667. The van der Waals surface area contributed by atoms with Crippen LogP contribution in [0.5, 0.6) is 0 Å². The molecular formula is C9H15F3N2O. The number of hydrogen-bond donors (Lipinski definition) is 2. The molecule has 3 nitrogen and oxygen atoms in total. The number of nitrogens with one attached hydrogen (secondary N) is 1. The van der Waals surface area contributed by atoms with Gasteiger partial charge in [0.2, 0.25) is 5.91 Å². The van der Waals surface area contributed by atoms with Crippen LogP contribution in [-0.4, -0.2) is 24.2 Å². The second kappa shape index (κ2) is 5.75. The lowest BCUT2D eigenvalue weighted by molar-refractivity contribution is -0.141. The Labute approximate surface area is 86.5 Å². The van der Waals surface area contributed by atoms with Crippen molar-refractivity contribution in [3.8, 4) is 0 Å². The molecule has 15 heavy (non-hydrogen) atoms. The van der Waals surface area contributed by atoms with Crippen LogP contribution in [0.15, 0.2) is 12.7 Å². The van der Waals surface area contributed by atoms with E-state index >= 15 is 0 Å². The summed E-state index contributed by atoms with van der Waals surface area (Å²) in [5.74, 6) is -0.591. The van der Waals surface area contributed by atoms with Crippen LogP contribution >= 0.6 is 0 Å². The van der Waals surface area contributed by atoms with Crippen molar-refractivity contribution in [1.82, 2.24) is 5.32 Å². The summed E-state index contributed by atoms with van der Waals surface area (Å²) in [7, 11) is 0. The first-order valence-corrected chi connectivity index (χ1v) is 4.50. The van der Waals surface area contributed by atoms with E-state index in [4.69, 9.17) is 5.73 Å². The molecule has 0 aromatic rings. The fourth-order valence-electron chi connectivity index (χ4n) is 1.03. The molecule has 0 bridgehead atoms. The van der Waals surface area contributed by atoms with Crippen LogP contribution in [0.2, 0.25) is 0 Å². The number of rotatable bonds is 5. The first-order chi connectivity index (χ1) is 6.76. The predicted molar refractivity (Wildman–Crippen MR) is 51.1 cm³/mol. The zero-order chi connectivity index (χ0) is 12.1. The van der Waals surface area contributed by atoms with Crippen molar-refractivity contribution >= 4 is 5.91 Å². The van der Waals surface area contributed by atoms with Gasteiger partial charge < -0.3 is 11.1 Å². The molecule has 0 saturated carbocycles. The van der Waals surface area contributed by atoms with Gasteiger partial charge in [-0.05, 0) is 13.3 Å². The van der Waals surface area contributed by atoms with Gasteiger partial charge in [-0.25, -0.2) is 0 Å². The average Bonchev–Trinajstić information content (AvgIpc) is 2.00. The van der Waals surface area contributed by atoms with E-state index < -0.39 is 30.6 Å². The highest BCUT2D eigenvalue weighted by molar-refractivity contribution is 5.81. The van der Waals surface area contributed by atoms with Gasteiger partial charge in [-0.2, -0.15) is 13.2 Å². The number of hydrogen-bond acceptors (Lipinski definition) is 2. The molecule has 0 aromatic carbocycles. The van der Waals surface area contributed by atoms with Gasteiger partial charge in [0.1, 0.15) is 0 Å². The van der Waals surface area contributed by atoms with Gasteiger partial charge in [0, 0.05) is 6.04 Å². The maximum Gasteiger partial charge on any atom is 0.391 e. The molecule has 1 amide bonds. The van der Waals surface area contributed by atoms with E-state index in [-0.39, 0.29) is 6.42 Å². The van der Waals surface area contributed by atoms with Crippen LogP contribution in [-0.2, 0) is 4.79 Å². The molecule has 0 radical (unpaired) electrons. The highest BCUT2D eigenvalue weighted by Crippen LogP contribution is 2.21. The van der Waals surface area contributed by atoms with E-state index in [1.165, 1.54) is 13.0 Å². The van der Waals surface area contributed by atoms with Gasteiger partial charge >= 0.3 is 6.18 Å². The van der Waals surface area contributed by atoms with Crippen molar-refractivity contribution in [2.75, 3.05) is 0 Å². The molecule has 0 rings (SSSR count). The lowest BCUT2D eigenvalue weighted by Gasteiger charge is -2.18. The molecule has 0 saturated heterocycles. The summed E-state index contributed by atoms with van der Waals surface area (Å²) in [5.41, 5.74) is 5.38. The SMILES string of the molecule is C=CCC(N)C(=O)NC(C)CC(F)(F)F. The number of alkyl halides is 3. The van der Waals surface area contributed by atoms with Crippen molar-refractivity contribution < 1.29 is 18.0 Å². The molecule has 6 heteroatoms. The van der Waals surface area contributed by atoms with Crippen molar-refractivity contribution in [1.29, 1.82) is 0 Å². The second-order valence-corrected chi connectivity index (χ2v) is 3.36. The smallest absolute Gasteiger partial charge is 0.352 e. The molecule has 0 heterocycles. The highest BCUT2D eigenvalue weighted by Gasteiger charge is 2.30. The topological polar surface area (TPSA) is 55.1 Å². The van der Waals surface area contributed by atoms with Crippen molar-refractivity contribution in [3.63, 3.8) is 0 Å². The third-order valence-electron chi connectivity index (χ3n) is 1.68. The van der Waals surface area contributed by atoms with Crippen LogP contribution in [0.25, 0.3) is 0 Å². The Morgan fingerprint density at radius 2 is 2.13 bits per heavy atom. The maximum absolute atomic E-state index is 11.9. The predicted octanol–water partition coefficient (Wildman–Crippen LogP) is 1.35. The molecule has 2 atom stereocenters. The molecule has 0 aliphatic rings. The molecule has 88 valence electrons. The molecule has 3 N–H and O–H groups in total. The van der Waals surface area contributed by atoms with Gasteiger partial charge in [-0.1, -0.05) is 6.08 Å². The van der Waals surface area contributed by atoms with Crippen LogP contribution in [0.1, 0.15) is 19.8 Å². The first-order valence-electron chi connectivity index (χ1n) is 4.50. The van der Waals surface area contributed by atoms with Gasteiger partial charge in [-0.15, -0.1) is 6.58 Å². The number of nitrogens with two attached hydrogens (primary N) is 1. The van der Waals surface area contributed by atoms with E-state index in [1.54, 1.807) is 0 Å². The van der Waals surface area contributed by atoms with Gasteiger partial charge in [0.25, 0.3) is 0 Å². The van der Waals surface area contributed by atoms with E-state index in [1.807, 2.05) is 0 Å². The standard InChI is InChI=1S/C9H15F3N2O/c1-3-4-7(13)8(15)14-6(2)5-9(10,11)12/h3,6-7H,1,4-5,13H2,2H3,(H,14,15). The van der Waals surface area contributed by atoms with Crippen molar-refractivity contribution in [2.24, 2.45) is 5.73 Å². The van der Waals surface area contributed by atoms with Crippen LogP contribution < -0.4 is 11.1 Å². The fourth-order valence-corrected chi connectivity index (χ4v) is 1.03. The number of halogens is 3. The quantitative estimate of drug-likeness (QED) is 0.692. The summed E-state index contributed by atoms with van der Waals surface area (Å²) in [6.07, 6.45) is -3.65. The zero-order valence-corrected chi connectivity index (χ0v) is 8.47. The van der Waals surface area contributed by atoms with E-state index in [9.17, 15) is 18.0 Å². The Bertz CT molecular complexity index is 228. The first kappa shape index (κ1) is 14.0. The maximum atomic E-state index is 11.9. The number of carbonyl (C=O) groups is 1. The third-order valence-corrected chi connectivity index (χ3v) is 1.68. The highest BCUT2D eigenvalue weighted by atomic mass is 19.4. The lowest BCUT2D eigenvalue weighted by atomic mass is 10.1. The minimum Gasteiger partial charge on any atom is -0.352 e. The molecule has 0 fully saturated rings. The Balaban J connectivity index is 4.01. The summed E-state index contributed by atoms with van der Waals surface area (Å²) in [6, 6.07) is -1.80. The normalized spacial score (nSPS) is 15.5. The third kappa shape index (κ3) is 6.96. The summed E-state index contributed by atoms with van der Waals surface area (Å²) in [5, 5.41) is 2.19. The number of carbonyl (C=O) groups excluding carboxylic acids is 1. The monoisotopic (exact) mass is 224 g/mol. The van der Waals surface area contributed by atoms with Crippen molar-refractivity contribution in [3.05, 3.63) is 12.7 Å². The molecule has 0 spiro atoms. The summed E-state index contributed by atoms with van der Waals surface area (Å²) in [4.78, 5) is 11.2. The van der Waals surface area contributed by atoms with Gasteiger partial charge in [0.05, 0.1) is 12.5 Å². The largest absolute Gasteiger partial charge is 0.391 e.